The minimum atomic E-state index is -1.05. The number of carbonyl (C=O) groups is 4. The predicted octanol–water partition coefficient (Wildman–Crippen LogP) is 3.16. The second-order valence-corrected chi connectivity index (χ2v) is 7.13. The number of hydrogen-bond donors (Lipinski definition) is 1. The molecule has 0 spiro atoms. The van der Waals surface area contributed by atoms with Crippen molar-refractivity contribution in [2.75, 3.05) is 6.61 Å². The quantitative estimate of drug-likeness (QED) is 0.572. The van der Waals surface area contributed by atoms with Gasteiger partial charge in [-0.2, -0.15) is 0 Å². The number of aromatic nitrogens is 1. The van der Waals surface area contributed by atoms with Crippen LogP contribution in [-0.4, -0.2) is 50.3 Å². The lowest BCUT2D eigenvalue weighted by molar-refractivity contribution is -0.150. The van der Waals surface area contributed by atoms with Gasteiger partial charge in [-0.15, -0.1) is 0 Å². The molecule has 3 rings (SSSR count). The second-order valence-electron chi connectivity index (χ2n) is 6.14. The Labute approximate surface area is 170 Å². The van der Waals surface area contributed by atoms with Crippen molar-refractivity contribution >= 4 is 40.9 Å². The monoisotopic (exact) mass is 414 g/mol. The summed E-state index contributed by atoms with van der Waals surface area (Å²) in [5.74, 6) is -2.27. The molecule has 1 saturated heterocycles. The van der Waals surface area contributed by atoms with Crippen LogP contribution in [0.2, 0.25) is 0 Å². The standard InChI is InChI=1S/C20H18N2O6S/c1-3-28-19(26)12(2)22-17(23)16(29-20(22)27)11-15-8-5-9-21(15)14-7-4-6-13(10-14)18(24)25/h4-12H,3H2,1-2H3,(H,24,25)/b16-11+/t12-/m1/s1. The van der Waals surface area contributed by atoms with Crippen LogP contribution < -0.4 is 0 Å². The number of nitrogens with zero attached hydrogens (tertiary/aromatic N) is 2. The normalized spacial score (nSPS) is 16.3. The number of thioether (sulfide) groups is 1. The van der Waals surface area contributed by atoms with Crippen LogP contribution in [0.25, 0.3) is 11.8 Å². The van der Waals surface area contributed by atoms with E-state index in [1.807, 2.05) is 0 Å². The van der Waals surface area contributed by atoms with Gasteiger partial charge in [-0.1, -0.05) is 6.07 Å². The molecule has 2 amide bonds. The summed E-state index contributed by atoms with van der Waals surface area (Å²) in [4.78, 5) is 49.2. The van der Waals surface area contributed by atoms with E-state index in [-0.39, 0.29) is 17.1 Å². The fourth-order valence-electron chi connectivity index (χ4n) is 2.85. The zero-order valence-electron chi connectivity index (χ0n) is 15.7. The van der Waals surface area contributed by atoms with Crippen LogP contribution >= 0.6 is 11.8 Å². The van der Waals surface area contributed by atoms with Gasteiger partial charge in [-0.05, 0) is 62.0 Å². The molecule has 2 heterocycles. The lowest BCUT2D eigenvalue weighted by atomic mass is 10.2. The minimum absolute atomic E-state index is 0.130. The minimum Gasteiger partial charge on any atom is -0.478 e. The zero-order valence-corrected chi connectivity index (χ0v) is 16.5. The molecular weight excluding hydrogens is 396 g/mol. The number of aromatic carboxylic acids is 1. The molecule has 0 radical (unpaired) electrons. The first-order valence-corrected chi connectivity index (χ1v) is 9.60. The fourth-order valence-corrected chi connectivity index (χ4v) is 3.74. The van der Waals surface area contributed by atoms with Crippen molar-refractivity contribution in [3.63, 3.8) is 0 Å². The van der Waals surface area contributed by atoms with Crippen LogP contribution in [0, 0.1) is 0 Å². The van der Waals surface area contributed by atoms with Gasteiger partial charge in [-0.25, -0.2) is 9.59 Å². The third-order valence-electron chi connectivity index (χ3n) is 4.27. The molecule has 2 aromatic rings. The summed E-state index contributed by atoms with van der Waals surface area (Å²) in [7, 11) is 0. The molecule has 29 heavy (non-hydrogen) atoms. The number of carboxylic acid groups (broad SMARTS) is 1. The highest BCUT2D eigenvalue weighted by atomic mass is 32.2. The highest BCUT2D eigenvalue weighted by molar-refractivity contribution is 8.18. The number of rotatable bonds is 6. The molecule has 0 saturated carbocycles. The van der Waals surface area contributed by atoms with Crippen molar-refractivity contribution in [2.45, 2.75) is 19.9 Å². The largest absolute Gasteiger partial charge is 0.478 e. The van der Waals surface area contributed by atoms with Gasteiger partial charge in [-0.3, -0.25) is 14.5 Å². The maximum absolute atomic E-state index is 12.7. The van der Waals surface area contributed by atoms with Crippen LogP contribution in [0.15, 0.2) is 47.5 Å². The smallest absolute Gasteiger partial charge is 0.335 e. The van der Waals surface area contributed by atoms with Gasteiger partial charge in [0.1, 0.15) is 6.04 Å². The molecule has 0 unspecified atom stereocenters. The van der Waals surface area contributed by atoms with E-state index >= 15 is 0 Å². The van der Waals surface area contributed by atoms with E-state index in [0.29, 0.717) is 11.4 Å². The van der Waals surface area contributed by atoms with E-state index in [4.69, 9.17) is 4.74 Å². The molecule has 1 aromatic carbocycles. The maximum Gasteiger partial charge on any atom is 0.335 e. The average Bonchev–Trinajstić information content (AvgIpc) is 3.26. The van der Waals surface area contributed by atoms with Crippen molar-refractivity contribution in [1.82, 2.24) is 9.47 Å². The fraction of sp³-hybridized carbons (Fsp3) is 0.200. The van der Waals surface area contributed by atoms with Crippen molar-refractivity contribution in [2.24, 2.45) is 0 Å². The second kappa shape index (κ2) is 8.36. The highest BCUT2D eigenvalue weighted by Gasteiger charge is 2.41. The van der Waals surface area contributed by atoms with Crippen molar-refractivity contribution < 1.29 is 29.0 Å². The Kier molecular flexibility index (Phi) is 5.88. The number of benzene rings is 1. The Morgan fingerprint density at radius 2 is 2.00 bits per heavy atom. The molecule has 1 fully saturated rings. The van der Waals surface area contributed by atoms with Crippen LogP contribution in [0.5, 0.6) is 0 Å². The maximum atomic E-state index is 12.7. The number of ether oxygens (including phenoxy) is 1. The van der Waals surface area contributed by atoms with Gasteiger partial charge < -0.3 is 14.4 Å². The molecule has 1 aromatic heterocycles. The highest BCUT2D eigenvalue weighted by Crippen LogP contribution is 2.34. The van der Waals surface area contributed by atoms with Gasteiger partial charge in [0.05, 0.1) is 17.1 Å². The molecule has 0 bridgehead atoms. The van der Waals surface area contributed by atoms with Crippen LogP contribution in [0.3, 0.4) is 0 Å². The van der Waals surface area contributed by atoms with Crippen LogP contribution in [0.1, 0.15) is 29.9 Å². The van der Waals surface area contributed by atoms with E-state index in [2.05, 4.69) is 0 Å². The molecule has 1 atom stereocenters. The van der Waals surface area contributed by atoms with E-state index < -0.39 is 29.1 Å². The predicted molar refractivity (Wildman–Crippen MR) is 107 cm³/mol. The molecule has 0 aliphatic carbocycles. The summed E-state index contributed by atoms with van der Waals surface area (Å²) in [5, 5.41) is 8.64. The van der Waals surface area contributed by atoms with E-state index in [1.54, 1.807) is 42.0 Å². The Morgan fingerprint density at radius 3 is 2.69 bits per heavy atom. The van der Waals surface area contributed by atoms with Gasteiger partial charge in [0.25, 0.3) is 11.1 Å². The summed E-state index contributed by atoms with van der Waals surface area (Å²) in [6.07, 6.45) is 3.26. The third kappa shape index (κ3) is 4.09. The Bertz CT molecular complexity index is 1030. The van der Waals surface area contributed by atoms with Gasteiger partial charge in [0.15, 0.2) is 0 Å². The number of imide groups is 1. The van der Waals surface area contributed by atoms with Gasteiger partial charge >= 0.3 is 11.9 Å². The number of carbonyl (C=O) groups excluding carboxylic acids is 3. The number of esters is 1. The molecule has 150 valence electrons. The summed E-state index contributed by atoms with van der Waals surface area (Å²) in [6, 6.07) is 8.80. The molecule has 1 N–H and O–H groups in total. The first kappa shape index (κ1) is 20.4. The first-order chi connectivity index (χ1) is 13.8. The van der Waals surface area contributed by atoms with Gasteiger partial charge in [0, 0.05) is 17.6 Å². The number of hydrogen-bond acceptors (Lipinski definition) is 6. The summed E-state index contributed by atoms with van der Waals surface area (Å²) in [5.41, 5.74) is 1.31. The molecule has 9 heteroatoms. The van der Waals surface area contributed by atoms with E-state index in [1.165, 1.54) is 25.1 Å². The van der Waals surface area contributed by atoms with Gasteiger partial charge in [0.2, 0.25) is 0 Å². The Balaban J connectivity index is 1.91. The lowest BCUT2D eigenvalue weighted by Gasteiger charge is -2.19. The SMILES string of the molecule is CCOC(=O)[C@@H](C)N1C(=O)S/C(=C/c2cccn2-c2cccc(C(=O)O)c2)C1=O. The summed E-state index contributed by atoms with van der Waals surface area (Å²) >= 11 is 0.739. The molecule has 8 nitrogen and oxygen atoms in total. The molecule has 1 aliphatic heterocycles. The van der Waals surface area contributed by atoms with Crippen molar-refractivity contribution in [1.29, 1.82) is 0 Å². The van der Waals surface area contributed by atoms with E-state index in [0.717, 1.165) is 16.7 Å². The number of carboxylic acids is 1. The van der Waals surface area contributed by atoms with E-state index in [9.17, 15) is 24.3 Å². The van der Waals surface area contributed by atoms with Crippen molar-refractivity contribution in [3.05, 3.63) is 58.8 Å². The van der Waals surface area contributed by atoms with Crippen LogP contribution in [-0.2, 0) is 14.3 Å². The summed E-state index contributed by atoms with van der Waals surface area (Å²) in [6.45, 7) is 3.24. The van der Waals surface area contributed by atoms with Crippen molar-refractivity contribution in [3.8, 4) is 5.69 Å². The molecule has 1 aliphatic rings. The Morgan fingerprint density at radius 1 is 1.24 bits per heavy atom. The molecular formula is C20H18N2O6S. The topological polar surface area (TPSA) is 106 Å². The average molecular weight is 414 g/mol. The number of amides is 2. The van der Waals surface area contributed by atoms with Crippen LogP contribution in [0.4, 0.5) is 4.79 Å². The summed E-state index contributed by atoms with van der Waals surface area (Å²) < 4.78 is 6.60. The Hall–Kier alpha value is -3.33. The first-order valence-electron chi connectivity index (χ1n) is 8.78. The third-order valence-corrected chi connectivity index (χ3v) is 5.15. The zero-order chi connectivity index (χ0) is 21.1. The lowest BCUT2D eigenvalue weighted by Crippen LogP contribution is -2.42.